The minimum atomic E-state index is -0.357. The van der Waals surface area contributed by atoms with Crippen molar-refractivity contribution in [2.24, 2.45) is 0 Å². The van der Waals surface area contributed by atoms with Crippen molar-refractivity contribution < 1.29 is 4.39 Å². The van der Waals surface area contributed by atoms with Gasteiger partial charge in [-0.1, -0.05) is 11.2 Å². The van der Waals surface area contributed by atoms with Gasteiger partial charge in [0.05, 0.1) is 5.69 Å². The van der Waals surface area contributed by atoms with Crippen molar-refractivity contribution >= 4 is 11.6 Å². The van der Waals surface area contributed by atoms with Crippen molar-refractivity contribution in [2.75, 3.05) is 0 Å². The molecule has 0 fully saturated rings. The number of aromatic nitrogens is 4. The third-order valence-electron chi connectivity index (χ3n) is 1.48. The number of halogens is 2. The number of tetrazole rings is 1. The third-order valence-corrected chi connectivity index (χ3v) is 1.72. The van der Waals surface area contributed by atoms with Crippen LogP contribution in [0.3, 0.4) is 0 Å². The highest BCUT2D eigenvalue weighted by atomic mass is 35.5. The predicted octanol–water partition coefficient (Wildman–Crippen LogP) is 1.45. The molecule has 13 heavy (non-hydrogen) atoms. The molecule has 2 aromatic rings. The molecule has 0 saturated heterocycles. The van der Waals surface area contributed by atoms with E-state index >= 15 is 0 Å². The molecule has 0 amide bonds. The monoisotopic (exact) mass is 198 g/mol. The number of hydrogen-bond acceptors (Lipinski definition) is 3. The van der Waals surface area contributed by atoms with Crippen LogP contribution in [-0.4, -0.2) is 20.2 Å². The molecule has 0 aliphatic rings. The molecule has 2 rings (SSSR count). The maximum absolute atomic E-state index is 12.8. The Kier molecular flexibility index (Phi) is 1.94. The summed E-state index contributed by atoms with van der Waals surface area (Å²) in [6.45, 7) is 0. The molecule has 4 nitrogen and oxygen atoms in total. The fourth-order valence-electron chi connectivity index (χ4n) is 0.942. The van der Waals surface area contributed by atoms with Gasteiger partial charge in [-0.05, 0) is 40.2 Å². The van der Waals surface area contributed by atoms with E-state index in [-0.39, 0.29) is 11.1 Å². The molecule has 0 saturated carbocycles. The first-order chi connectivity index (χ1) is 6.27. The molecule has 0 N–H and O–H groups in total. The van der Waals surface area contributed by atoms with Crippen molar-refractivity contribution in [1.29, 1.82) is 0 Å². The smallest absolute Gasteiger partial charge is 0.207 e. The van der Waals surface area contributed by atoms with E-state index in [4.69, 9.17) is 11.6 Å². The lowest BCUT2D eigenvalue weighted by Gasteiger charge is -1.98. The highest BCUT2D eigenvalue weighted by Gasteiger charge is 2.04. The first-order valence-electron chi connectivity index (χ1n) is 3.47. The molecule has 1 aromatic heterocycles. The summed E-state index contributed by atoms with van der Waals surface area (Å²) in [6.07, 6.45) is 0. The van der Waals surface area contributed by atoms with Gasteiger partial charge in [-0.15, -0.1) is 0 Å². The number of benzene rings is 1. The first-order valence-corrected chi connectivity index (χ1v) is 3.85. The molecule has 0 unspecified atom stereocenters. The summed E-state index contributed by atoms with van der Waals surface area (Å²) in [6, 6.07) is 5.85. The summed E-state index contributed by atoms with van der Waals surface area (Å²) in [5, 5.41) is 10.5. The van der Waals surface area contributed by atoms with E-state index in [2.05, 4.69) is 15.5 Å². The van der Waals surface area contributed by atoms with Gasteiger partial charge in [0.15, 0.2) is 0 Å². The lowest BCUT2D eigenvalue weighted by Crippen LogP contribution is -1.96. The van der Waals surface area contributed by atoms with Crippen molar-refractivity contribution in [1.82, 2.24) is 20.2 Å². The Morgan fingerprint density at radius 2 is 2.23 bits per heavy atom. The van der Waals surface area contributed by atoms with E-state index < -0.39 is 0 Å². The summed E-state index contributed by atoms with van der Waals surface area (Å²) in [7, 11) is 0. The van der Waals surface area contributed by atoms with E-state index in [1.165, 1.54) is 16.8 Å². The van der Waals surface area contributed by atoms with Gasteiger partial charge < -0.3 is 0 Å². The van der Waals surface area contributed by atoms with Crippen LogP contribution in [0.5, 0.6) is 0 Å². The van der Waals surface area contributed by atoms with Crippen LogP contribution in [0.15, 0.2) is 24.3 Å². The Balaban J connectivity index is 2.53. The summed E-state index contributed by atoms with van der Waals surface area (Å²) < 4.78 is 14.0. The van der Waals surface area contributed by atoms with Crippen LogP contribution in [0.2, 0.25) is 5.28 Å². The number of nitrogens with zero attached hydrogens (tertiary/aromatic N) is 4. The topological polar surface area (TPSA) is 43.6 Å². The van der Waals surface area contributed by atoms with Gasteiger partial charge in [0.2, 0.25) is 5.28 Å². The van der Waals surface area contributed by atoms with E-state index in [1.54, 1.807) is 12.1 Å². The molecule has 0 aliphatic heterocycles. The van der Waals surface area contributed by atoms with Crippen molar-refractivity contribution in [3.05, 3.63) is 35.4 Å². The molecule has 0 aliphatic carbocycles. The second-order valence-corrected chi connectivity index (χ2v) is 2.68. The number of rotatable bonds is 1. The van der Waals surface area contributed by atoms with E-state index in [0.29, 0.717) is 5.69 Å². The zero-order valence-electron chi connectivity index (χ0n) is 6.35. The van der Waals surface area contributed by atoms with Crippen LogP contribution < -0.4 is 0 Å². The van der Waals surface area contributed by atoms with Gasteiger partial charge in [0.25, 0.3) is 0 Å². The van der Waals surface area contributed by atoms with Crippen LogP contribution >= 0.6 is 11.6 Å². The molecular formula is C7H4ClFN4. The highest BCUT2D eigenvalue weighted by Crippen LogP contribution is 2.11. The quantitative estimate of drug-likeness (QED) is 0.697. The normalized spacial score (nSPS) is 10.3. The Morgan fingerprint density at radius 3 is 2.85 bits per heavy atom. The van der Waals surface area contributed by atoms with Gasteiger partial charge in [-0.3, -0.25) is 0 Å². The Morgan fingerprint density at radius 1 is 1.38 bits per heavy atom. The fourth-order valence-corrected chi connectivity index (χ4v) is 1.11. The van der Waals surface area contributed by atoms with Gasteiger partial charge in [0, 0.05) is 0 Å². The second kappa shape index (κ2) is 3.10. The molecule has 0 radical (unpaired) electrons. The highest BCUT2D eigenvalue weighted by molar-refractivity contribution is 6.28. The largest absolute Gasteiger partial charge is 0.247 e. The van der Waals surface area contributed by atoms with Crippen molar-refractivity contribution in [2.45, 2.75) is 0 Å². The maximum Gasteiger partial charge on any atom is 0.247 e. The summed E-state index contributed by atoms with van der Waals surface area (Å²) in [5.41, 5.74) is 0.495. The van der Waals surface area contributed by atoms with Crippen LogP contribution in [-0.2, 0) is 0 Å². The van der Waals surface area contributed by atoms with Gasteiger partial charge in [0.1, 0.15) is 5.82 Å². The van der Waals surface area contributed by atoms with E-state index in [1.807, 2.05) is 0 Å². The maximum atomic E-state index is 12.8. The molecule has 0 atom stereocenters. The lowest BCUT2D eigenvalue weighted by molar-refractivity contribution is 0.625. The van der Waals surface area contributed by atoms with Crippen molar-refractivity contribution in [3.63, 3.8) is 0 Å². The Bertz CT molecular complexity index is 428. The average Bonchev–Trinajstić information content (AvgIpc) is 2.51. The summed E-state index contributed by atoms with van der Waals surface area (Å²) in [5.74, 6) is -0.357. The van der Waals surface area contributed by atoms with Gasteiger partial charge >= 0.3 is 0 Å². The second-order valence-electron chi connectivity index (χ2n) is 2.34. The minimum absolute atomic E-state index is 0.102. The lowest BCUT2D eigenvalue weighted by atomic mass is 10.3. The third kappa shape index (κ3) is 1.50. The Labute approximate surface area is 77.9 Å². The molecular weight excluding hydrogens is 195 g/mol. The minimum Gasteiger partial charge on any atom is -0.207 e. The van der Waals surface area contributed by atoms with Gasteiger partial charge in [-0.2, -0.15) is 4.68 Å². The number of hydrogen-bond donors (Lipinski definition) is 0. The molecule has 0 spiro atoms. The Hall–Kier alpha value is -1.49. The van der Waals surface area contributed by atoms with Crippen LogP contribution in [0.1, 0.15) is 0 Å². The molecule has 1 aromatic carbocycles. The van der Waals surface area contributed by atoms with Crippen LogP contribution in [0.4, 0.5) is 4.39 Å². The molecule has 6 heteroatoms. The molecule has 66 valence electrons. The van der Waals surface area contributed by atoms with Crippen LogP contribution in [0.25, 0.3) is 5.69 Å². The average molecular weight is 199 g/mol. The molecule has 1 heterocycles. The zero-order chi connectivity index (χ0) is 9.26. The van der Waals surface area contributed by atoms with Crippen LogP contribution in [0, 0.1) is 5.82 Å². The summed E-state index contributed by atoms with van der Waals surface area (Å²) in [4.78, 5) is 0. The predicted molar refractivity (Wildman–Crippen MR) is 44.1 cm³/mol. The first kappa shape index (κ1) is 8.12. The SMILES string of the molecule is Fc1cccc(-n2nnnc2Cl)c1. The van der Waals surface area contributed by atoms with Gasteiger partial charge in [-0.25, -0.2) is 4.39 Å². The molecule has 0 bridgehead atoms. The fraction of sp³-hybridized carbons (Fsp3) is 0. The standard InChI is InChI=1S/C7H4ClFN4/c8-7-10-11-12-13(7)6-3-1-2-5(9)4-6/h1-4H. The van der Waals surface area contributed by atoms with E-state index in [9.17, 15) is 4.39 Å². The zero-order valence-corrected chi connectivity index (χ0v) is 7.11. The van der Waals surface area contributed by atoms with E-state index in [0.717, 1.165) is 0 Å². The summed E-state index contributed by atoms with van der Waals surface area (Å²) >= 11 is 5.63. The van der Waals surface area contributed by atoms with Crippen molar-refractivity contribution in [3.8, 4) is 5.69 Å².